The second kappa shape index (κ2) is 6.26. The molecule has 0 bridgehead atoms. The molecule has 0 amide bonds. The fraction of sp³-hybridized carbons (Fsp3) is 0.250. The molecule has 0 radical (unpaired) electrons. The first-order valence-electron chi connectivity index (χ1n) is 6.46. The first kappa shape index (κ1) is 14.8. The van der Waals surface area contributed by atoms with E-state index in [1.807, 2.05) is 12.1 Å². The lowest BCUT2D eigenvalue weighted by Gasteiger charge is -2.10. The largest absolute Gasteiger partial charge is 0.497 e. The number of ether oxygens (including phenoxy) is 2. The van der Waals surface area contributed by atoms with Crippen molar-refractivity contribution in [3.63, 3.8) is 0 Å². The third kappa shape index (κ3) is 3.31. The maximum atomic E-state index is 12.1. The van der Waals surface area contributed by atoms with Crippen LogP contribution in [0.2, 0.25) is 0 Å². The minimum absolute atomic E-state index is 0.0483. The molecule has 2 aromatic carbocycles. The number of carbonyl (C=O) groups is 2. The predicted molar refractivity (Wildman–Crippen MR) is 78.3 cm³/mol. The molecule has 5 heteroatoms. The van der Waals surface area contributed by atoms with Crippen LogP contribution in [0.3, 0.4) is 0 Å². The Hall–Kier alpha value is -2.56. The van der Waals surface area contributed by atoms with Gasteiger partial charge in [-0.25, -0.2) is 0 Å². The van der Waals surface area contributed by atoms with Crippen molar-refractivity contribution >= 4 is 22.5 Å². The summed E-state index contributed by atoms with van der Waals surface area (Å²) in [5.74, 6) is -0.0829. The normalized spacial score (nSPS) is 10.4. The second-order valence-electron chi connectivity index (χ2n) is 4.58. The van der Waals surface area contributed by atoms with E-state index in [1.165, 1.54) is 7.11 Å². The van der Waals surface area contributed by atoms with E-state index in [4.69, 9.17) is 14.6 Å². The quantitative estimate of drug-likeness (QED) is 0.827. The molecule has 1 N–H and O–H groups in total. The SMILES string of the molecule is COc1ccc2cc(C(=O)CCC(=O)O)c(OC)cc2c1. The van der Waals surface area contributed by atoms with Crippen LogP contribution in [-0.4, -0.2) is 31.1 Å². The summed E-state index contributed by atoms with van der Waals surface area (Å²) in [7, 11) is 3.07. The lowest BCUT2D eigenvalue weighted by molar-refractivity contribution is -0.136. The highest BCUT2D eigenvalue weighted by Gasteiger charge is 2.15. The van der Waals surface area contributed by atoms with Crippen molar-refractivity contribution in [2.45, 2.75) is 12.8 Å². The summed E-state index contributed by atoms with van der Waals surface area (Å²) in [6, 6.07) is 8.98. The van der Waals surface area contributed by atoms with E-state index < -0.39 is 5.97 Å². The standard InChI is InChI=1S/C16H16O5/c1-20-12-4-3-10-8-13(14(17)5-6-16(18)19)15(21-2)9-11(10)7-12/h3-4,7-9H,5-6H2,1-2H3,(H,18,19). The average molecular weight is 288 g/mol. The summed E-state index contributed by atoms with van der Waals surface area (Å²) in [5, 5.41) is 10.4. The third-order valence-corrected chi connectivity index (χ3v) is 3.23. The second-order valence-corrected chi connectivity index (χ2v) is 4.58. The van der Waals surface area contributed by atoms with Crippen LogP contribution >= 0.6 is 0 Å². The number of hydrogen-bond acceptors (Lipinski definition) is 4. The fourth-order valence-electron chi connectivity index (χ4n) is 2.12. The van der Waals surface area contributed by atoms with E-state index in [9.17, 15) is 9.59 Å². The van der Waals surface area contributed by atoms with Gasteiger partial charge in [0.15, 0.2) is 5.78 Å². The molecule has 0 aromatic heterocycles. The first-order chi connectivity index (χ1) is 10.0. The van der Waals surface area contributed by atoms with Gasteiger partial charge in [-0.15, -0.1) is 0 Å². The molecule has 110 valence electrons. The Bertz CT molecular complexity index is 690. The van der Waals surface area contributed by atoms with Crippen molar-refractivity contribution in [3.05, 3.63) is 35.9 Å². The Labute approximate surface area is 122 Å². The molecule has 0 heterocycles. The molecule has 0 unspecified atom stereocenters. The molecule has 0 aliphatic carbocycles. The molecule has 0 aliphatic rings. The van der Waals surface area contributed by atoms with Crippen molar-refractivity contribution in [1.82, 2.24) is 0 Å². The number of ketones is 1. The number of Topliss-reactive ketones (excluding diaryl/α,β-unsaturated/α-hetero) is 1. The minimum Gasteiger partial charge on any atom is -0.497 e. The molecule has 21 heavy (non-hydrogen) atoms. The Balaban J connectivity index is 2.43. The molecule has 0 aliphatic heterocycles. The van der Waals surface area contributed by atoms with Gasteiger partial charge in [0.25, 0.3) is 0 Å². The van der Waals surface area contributed by atoms with E-state index in [0.29, 0.717) is 11.3 Å². The number of benzene rings is 2. The summed E-state index contributed by atoms with van der Waals surface area (Å²) < 4.78 is 10.4. The molecular weight excluding hydrogens is 272 g/mol. The summed E-state index contributed by atoms with van der Waals surface area (Å²) in [5.41, 5.74) is 0.399. The van der Waals surface area contributed by atoms with Crippen LogP contribution in [0.5, 0.6) is 11.5 Å². The fourth-order valence-corrected chi connectivity index (χ4v) is 2.12. The zero-order valence-electron chi connectivity index (χ0n) is 11.9. The summed E-state index contributed by atoms with van der Waals surface area (Å²) in [6.07, 6.45) is -0.240. The zero-order valence-corrected chi connectivity index (χ0v) is 11.9. The van der Waals surface area contributed by atoms with Crippen molar-refractivity contribution in [2.75, 3.05) is 14.2 Å². The summed E-state index contributed by atoms with van der Waals surface area (Å²) >= 11 is 0. The van der Waals surface area contributed by atoms with Crippen LogP contribution in [0, 0.1) is 0 Å². The van der Waals surface area contributed by atoms with Gasteiger partial charge in [0, 0.05) is 6.42 Å². The topological polar surface area (TPSA) is 72.8 Å². The maximum absolute atomic E-state index is 12.1. The van der Waals surface area contributed by atoms with E-state index in [1.54, 1.807) is 25.3 Å². The molecule has 5 nitrogen and oxygen atoms in total. The van der Waals surface area contributed by atoms with Gasteiger partial charge in [-0.1, -0.05) is 6.07 Å². The average Bonchev–Trinajstić information content (AvgIpc) is 2.50. The van der Waals surface area contributed by atoms with Gasteiger partial charge in [-0.2, -0.15) is 0 Å². The van der Waals surface area contributed by atoms with Crippen LogP contribution in [-0.2, 0) is 4.79 Å². The predicted octanol–water partition coefficient (Wildman–Crippen LogP) is 2.90. The van der Waals surface area contributed by atoms with Gasteiger partial charge < -0.3 is 14.6 Å². The molecule has 2 rings (SSSR count). The van der Waals surface area contributed by atoms with Gasteiger partial charge in [-0.3, -0.25) is 9.59 Å². The Morgan fingerprint density at radius 2 is 1.76 bits per heavy atom. The first-order valence-corrected chi connectivity index (χ1v) is 6.46. The molecule has 2 aromatic rings. The highest BCUT2D eigenvalue weighted by molar-refractivity contribution is 6.03. The number of carboxylic acids is 1. The number of carboxylic acid groups (broad SMARTS) is 1. The van der Waals surface area contributed by atoms with Gasteiger partial charge in [0.2, 0.25) is 0 Å². The van der Waals surface area contributed by atoms with Gasteiger partial charge in [-0.05, 0) is 35.0 Å². The van der Waals surface area contributed by atoms with Gasteiger partial charge in [0.1, 0.15) is 11.5 Å². The number of fused-ring (bicyclic) bond motifs is 1. The number of rotatable bonds is 6. The summed E-state index contributed by atoms with van der Waals surface area (Å²) in [6.45, 7) is 0. The van der Waals surface area contributed by atoms with Crippen LogP contribution in [0.1, 0.15) is 23.2 Å². The van der Waals surface area contributed by atoms with Crippen molar-refractivity contribution in [3.8, 4) is 11.5 Å². The van der Waals surface area contributed by atoms with Gasteiger partial charge in [0.05, 0.1) is 26.2 Å². The molecule has 0 saturated carbocycles. The van der Waals surface area contributed by atoms with Crippen molar-refractivity contribution in [2.24, 2.45) is 0 Å². The summed E-state index contributed by atoms with van der Waals surface area (Å²) in [4.78, 5) is 22.7. The molecule has 0 saturated heterocycles. The lowest BCUT2D eigenvalue weighted by Crippen LogP contribution is -2.05. The van der Waals surface area contributed by atoms with Crippen LogP contribution < -0.4 is 9.47 Å². The van der Waals surface area contributed by atoms with Crippen LogP contribution in [0.25, 0.3) is 10.8 Å². The number of hydrogen-bond donors (Lipinski definition) is 1. The monoisotopic (exact) mass is 288 g/mol. The number of carbonyl (C=O) groups excluding carboxylic acids is 1. The molecule has 0 fully saturated rings. The van der Waals surface area contributed by atoms with E-state index in [0.717, 1.165) is 16.5 Å². The highest BCUT2D eigenvalue weighted by Crippen LogP contribution is 2.29. The lowest BCUT2D eigenvalue weighted by atomic mass is 10.0. The van der Waals surface area contributed by atoms with Crippen LogP contribution in [0.4, 0.5) is 0 Å². The van der Waals surface area contributed by atoms with Crippen molar-refractivity contribution in [1.29, 1.82) is 0 Å². The molecular formula is C16H16O5. The van der Waals surface area contributed by atoms with E-state index in [-0.39, 0.29) is 18.6 Å². The van der Waals surface area contributed by atoms with E-state index >= 15 is 0 Å². The smallest absolute Gasteiger partial charge is 0.303 e. The highest BCUT2D eigenvalue weighted by atomic mass is 16.5. The van der Waals surface area contributed by atoms with Gasteiger partial charge >= 0.3 is 5.97 Å². The van der Waals surface area contributed by atoms with Crippen LogP contribution in [0.15, 0.2) is 30.3 Å². The molecule has 0 atom stereocenters. The minimum atomic E-state index is -0.993. The Kier molecular flexibility index (Phi) is 4.42. The number of methoxy groups -OCH3 is 2. The Morgan fingerprint density at radius 3 is 2.38 bits per heavy atom. The molecule has 0 spiro atoms. The van der Waals surface area contributed by atoms with Crippen molar-refractivity contribution < 1.29 is 24.2 Å². The zero-order chi connectivity index (χ0) is 15.4. The third-order valence-electron chi connectivity index (χ3n) is 3.23. The number of aliphatic carboxylic acids is 1. The maximum Gasteiger partial charge on any atom is 0.303 e. The Morgan fingerprint density at radius 1 is 1.00 bits per heavy atom. The van der Waals surface area contributed by atoms with E-state index in [2.05, 4.69) is 0 Å².